The summed E-state index contributed by atoms with van der Waals surface area (Å²) in [7, 11) is 0. The maximum absolute atomic E-state index is 13.5. The number of carboxylic acids is 1. The van der Waals surface area contributed by atoms with E-state index >= 15 is 0 Å². The smallest absolute Gasteiger partial charge is 0.309 e. The lowest BCUT2D eigenvalue weighted by atomic mass is 9.76. The Hall–Kier alpha value is -1.95. The van der Waals surface area contributed by atoms with E-state index in [1.165, 1.54) is 12.1 Å². The highest BCUT2D eigenvalue weighted by molar-refractivity contribution is 5.88. The Morgan fingerprint density at radius 2 is 1.71 bits per heavy atom. The van der Waals surface area contributed by atoms with Crippen LogP contribution in [-0.4, -0.2) is 47.7 Å². The van der Waals surface area contributed by atoms with Crippen molar-refractivity contribution in [2.45, 2.75) is 56.5 Å². The molecule has 3 fully saturated rings. The molecule has 6 heteroatoms. The Labute approximate surface area is 164 Å². The molecule has 0 aromatic heterocycles. The minimum Gasteiger partial charge on any atom is -0.481 e. The predicted molar refractivity (Wildman–Crippen MR) is 101 cm³/mol. The van der Waals surface area contributed by atoms with Crippen LogP contribution in [0.4, 0.5) is 4.39 Å². The first-order chi connectivity index (χ1) is 13.5. The number of ether oxygens (including phenoxy) is 1. The summed E-state index contributed by atoms with van der Waals surface area (Å²) in [6.45, 7) is 1.78. The van der Waals surface area contributed by atoms with E-state index in [-0.39, 0.29) is 23.7 Å². The molecule has 1 aliphatic carbocycles. The molecule has 0 radical (unpaired) electrons. The summed E-state index contributed by atoms with van der Waals surface area (Å²) >= 11 is 0. The molecule has 1 N–H and O–H groups in total. The predicted octanol–water partition coefficient (Wildman–Crippen LogP) is 3.37. The molecular formula is C22H28FNO4. The Bertz CT molecular complexity index is 721. The quantitative estimate of drug-likeness (QED) is 0.857. The van der Waals surface area contributed by atoms with Gasteiger partial charge in [0.2, 0.25) is 5.91 Å². The summed E-state index contributed by atoms with van der Waals surface area (Å²) in [5.41, 5.74) is 0.386. The van der Waals surface area contributed by atoms with E-state index in [0.717, 1.165) is 44.1 Å². The Morgan fingerprint density at radius 1 is 1.07 bits per heavy atom. The van der Waals surface area contributed by atoms with E-state index in [0.29, 0.717) is 26.1 Å². The minimum absolute atomic E-state index is 0.150. The molecule has 0 bridgehead atoms. The minimum atomic E-state index is -0.776. The molecule has 5 nitrogen and oxygen atoms in total. The van der Waals surface area contributed by atoms with Gasteiger partial charge in [-0.25, -0.2) is 4.39 Å². The summed E-state index contributed by atoms with van der Waals surface area (Å²) in [5.74, 6) is -1.14. The Kier molecular flexibility index (Phi) is 5.41. The number of piperidine rings is 1. The van der Waals surface area contributed by atoms with Crippen LogP contribution >= 0.6 is 0 Å². The van der Waals surface area contributed by atoms with Crippen molar-refractivity contribution >= 4 is 11.9 Å². The molecule has 1 aromatic carbocycles. The number of hydrogen-bond donors (Lipinski definition) is 1. The van der Waals surface area contributed by atoms with Crippen molar-refractivity contribution < 1.29 is 23.8 Å². The van der Waals surface area contributed by atoms with Crippen molar-refractivity contribution in [3.63, 3.8) is 0 Å². The van der Waals surface area contributed by atoms with Crippen LogP contribution in [0.5, 0.6) is 0 Å². The van der Waals surface area contributed by atoms with Crippen LogP contribution in [0.15, 0.2) is 24.3 Å². The van der Waals surface area contributed by atoms with Crippen molar-refractivity contribution in [2.24, 2.45) is 11.8 Å². The highest BCUT2D eigenvalue weighted by Crippen LogP contribution is 2.43. The van der Waals surface area contributed by atoms with Gasteiger partial charge < -0.3 is 14.7 Å². The van der Waals surface area contributed by atoms with Crippen molar-refractivity contribution in [1.29, 1.82) is 0 Å². The number of benzene rings is 1. The molecule has 1 saturated carbocycles. The fourth-order valence-electron chi connectivity index (χ4n) is 5.45. The second-order valence-corrected chi connectivity index (χ2v) is 8.49. The van der Waals surface area contributed by atoms with Crippen LogP contribution in [0.3, 0.4) is 0 Å². The fraction of sp³-hybridized carbons (Fsp3) is 0.636. The van der Waals surface area contributed by atoms with E-state index in [9.17, 15) is 19.1 Å². The molecule has 2 heterocycles. The monoisotopic (exact) mass is 389 g/mol. The summed E-state index contributed by atoms with van der Waals surface area (Å²) < 4.78 is 19.1. The van der Waals surface area contributed by atoms with Crippen molar-refractivity contribution in [2.75, 3.05) is 19.7 Å². The van der Waals surface area contributed by atoms with Gasteiger partial charge in [0.15, 0.2) is 0 Å². The number of hydrogen-bond acceptors (Lipinski definition) is 3. The van der Waals surface area contributed by atoms with Crippen molar-refractivity contribution in [3.8, 4) is 0 Å². The van der Waals surface area contributed by atoms with Crippen LogP contribution in [0.25, 0.3) is 0 Å². The maximum Gasteiger partial charge on any atom is 0.309 e. The third-order valence-corrected chi connectivity index (χ3v) is 7.01. The molecule has 0 spiro atoms. The summed E-state index contributed by atoms with van der Waals surface area (Å²) in [4.78, 5) is 26.9. The number of amides is 1. The van der Waals surface area contributed by atoms with Gasteiger partial charge in [-0.15, -0.1) is 0 Å². The number of nitrogens with zero attached hydrogens (tertiary/aromatic N) is 1. The van der Waals surface area contributed by atoms with Gasteiger partial charge in [0.25, 0.3) is 0 Å². The van der Waals surface area contributed by atoms with E-state index < -0.39 is 17.3 Å². The summed E-state index contributed by atoms with van der Waals surface area (Å²) in [6.07, 6.45) is 5.54. The molecule has 2 saturated heterocycles. The van der Waals surface area contributed by atoms with Gasteiger partial charge in [-0.1, -0.05) is 25.0 Å². The van der Waals surface area contributed by atoms with Gasteiger partial charge in [-0.3, -0.25) is 9.59 Å². The van der Waals surface area contributed by atoms with Crippen LogP contribution in [0.1, 0.15) is 50.5 Å². The van der Waals surface area contributed by atoms with Crippen molar-refractivity contribution in [1.82, 2.24) is 4.90 Å². The normalized spacial score (nSPS) is 27.8. The molecule has 3 aliphatic rings. The largest absolute Gasteiger partial charge is 0.481 e. The molecule has 152 valence electrons. The standard InChI is InChI=1S/C22H28FNO4/c23-17-5-3-16(4-6-17)22(10-1-2-11-22)21(27)24-12-7-15(8-13-24)19-18(20(25)26)9-14-28-19/h3-6,15,18-19H,1-2,7-14H2,(H,25,26)/t18?,19-/m0/s1. The van der Waals surface area contributed by atoms with Gasteiger partial charge in [0.05, 0.1) is 17.4 Å². The first kappa shape index (κ1) is 19.4. The highest BCUT2D eigenvalue weighted by atomic mass is 19.1. The SMILES string of the molecule is O=C(O)C1CCO[C@H]1C1CCN(C(=O)C2(c3ccc(F)cc3)CCCC2)CC1. The zero-order valence-electron chi connectivity index (χ0n) is 16.1. The third kappa shape index (κ3) is 3.43. The number of halogens is 1. The highest BCUT2D eigenvalue weighted by Gasteiger charge is 2.47. The topological polar surface area (TPSA) is 66.8 Å². The van der Waals surface area contributed by atoms with Gasteiger partial charge in [-0.2, -0.15) is 0 Å². The maximum atomic E-state index is 13.5. The molecule has 1 amide bonds. The van der Waals surface area contributed by atoms with Crippen LogP contribution in [0.2, 0.25) is 0 Å². The van der Waals surface area contributed by atoms with E-state index in [1.54, 1.807) is 12.1 Å². The molecule has 28 heavy (non-hydrogen) atoms. The van der Waals surface area contributed by atoms with Crippen LogP contribution in [0, 0.1) is 17.7 Å². The lowest BCUT2D eigenvalue weighted by Crippen LogP contribution is -2.50. The van der Waals surface area contributed by atoms with Gasteiger partial charge in [-0.05, 0) is 55.7 Å². The van der Waals surface area contributed by atoms with Gasteiger partial charge in [0, 0.05) is 19.7 Å². The lowest BCUT2D eigenvalue weighted by molar-refractivity contribution is -0.146. The number of likely N-dealkylation sites (tertiary alicyclic amines) is 1. The molecular weight excluding hydrogens is 361 g/mol. The first-order valence-corrected chi connectivity index (χ1v) is 10.4. The average molecular weight is 389 g/mol. The van der Waals surface area contributed by atoms with Gasteiger partial charge in [0.1, 0.15) is 5.82 Å². The Morgan fingerprint density at radius 3 is 2.32 bits per heavy atom. The third-order valence-electron chi connectivity index (χ3n) is 7.01. The molecule has 1 aromatic rings. The zero-order chi connectivity index (χ0) is 19.7. The summed E-state index contributed by atoms with van der Waals surface area (Å²) in [6, 6.07) is 6.40. The lowest BCUT2D eigenvalue weighted by Gasteiger charge is -2.40. The second kappa shape index (κ2) is 7.82. The Balaban J connectivity index is 1.45. The van der Waals surface area contributed by atoms with Gasteiger partial charge >= 0.3 is 5.97 Å². The molecule has 2 aliphatic heterocycles. The number of carbonyl (C=O) groups is 2. The number of rotatable bonds is 4. The fourth-order valence-corrected chi connectivity index (χ4v) is 5.45. The van der Waals surface area contributed by atoms with E-state index in [1.807, 2.05) is 4.90 Å². The average Bonchev–Trinajstić information content (AvgIpc) is 3.39. The zero-order valence-corrected chi connectivity index (χ0v) is 16.1. The molecule has 2 atom stereocenters. The van der Waals surface area contributed by atoms with E-state index in [4.69, 9.17) is 4.74 Å². The van der Waals surface area contributed by atoms with Crippen LogP contribution < -0.4 is 0 Å². The van der Waals surface area contributed by atoms with E-state index in [2.05, 4.69) is 0 Å². The van der Waals surface area contributed by atoms with Crippen molar-refractivity contribution in [3.05, 3.63) is 35.6 Å². The van der Waals surface area contributed by atoms with Crippen LogP contribution in [-0.2, 0) is 19.7 Å². The molecule has 4 rings (SSSR count). The first-order valence-electron chi connectivity index (χ1n) is 10.4. The molecule has 1 unspecified atom stereocenters. The summed E-state index contributed by atoms with van der Waals surface area (Å²) in [5, 5.41) is 9.41. The number of aliphatic carboxylic acids is 1. The second-order valence-electron chi connectivity index (χ2n) is 8.49. The number of carboxylic acid groups (broad SMARTS) is 1. The number of carbonyl (C=O) groups excluding carboxylic acids is 1.